The predicted octanol–water partition coefficient (Wildman–Crippen LogP) is 0.201. The van der Waals surface area contributed by atoms with Gasteiger partial charge in [-0.1, -0.05) is 6.07 Å². The number of rotatable bonds is 1. The van der Waals surface area contributed by atoms with Crippen LogP contribution in [-0.2, 0) is 21.4 Å². The van der Waals surface area contributed by atoms with Gasteiger partial charge in [-0.3, -0.25) is 0 Å². The van der Waals surface area contributed by atoms with Crippen molar-refractivity contribution >= 4 is 10.0 Å². The van der Waals surface area contributed by atoms with E-state index in [0.717, 1.165) is 0 Å². The van der Waals surface area contributed by atoms with Crippen LogP contribution >= 0.6 is 0 Å². The van der Waals surface area contributed by atoms with Crippen LogP contribution < -0.4 is 9.88 Å². The summed E-state index contributed by atoms with van der Waals surface area (Å²) in [6.07, 6.45) is 0. The molecule has 0 amide bonds. The Morgan fingerprint density at radius 1 is 1.36 bits per heavy atom. The summed E-state index contributed by atoms with van der Waals surface area (Å²) in [5.74, 6) is 0.516. The van der Waals surface area contributed by atoms with Gasteiger partial charge in [-0.25, -0.2) is 13.6 Å². The lowest BCUT2D eigenvalue weighted by molar-refractivity contribution is -0.0179. The van der Waals surface area contributed by atoms with Crippen LogP contribution in [0, 0.1) is 0 Å². The molecule has 0 saturated carbocycles. The third-order valence-electron chi connectivity index (χ3n) is 1.94. The average Bonchev–Trinajstić information content (AvgIpc) is 2.15. The van der Waals surface area contributed by atoms with E-state index in [-0.39, 0.29) is 18.3 Å². The molecule has 0 fully saturated rings. The summed E-state index contributed by atoms with van der Waals surface area (Å²) in [7, 11) is -3.70. The minimum absolute atomic E-state index is 0.0645. The number of hydrogen-bond acceptors (Lipinski definition) is 4. The number of ether oxygens (including phenoxy) is 2. The molecule has 1 aromatic carbocycles. The fraction of sp³-hybridized carbons (Fsp3) is 0.250. The number of primary sulfonamides is 1. The second-order valence-electron chi connectivity index (χ2n) is 2.89. The number of fused-ring (bicyclic) bond motifs is 1. The van der Waals surface area contributed by atoms with Crippen LogP contribution in [0.4, 0.5) is 0 Å². The van der Waals surface area contributed by atoms with Crippen molar-refractivity contribution < 1.29 is 17.9 Å². The molecule has 0 aliphatic carbocycles. The van der Waals surface area contributed by atoms with E-state index in [9.17, 15) is 8.42 Å². The van der Waals surface area contributed by atoms with Crippen molar-refractivity contribution in [3.05, 3.63) is 23.8 Å². The lowest BCUT2D eigenvalue weighted by atomic mass is 10.2. The van der Waals surface area contributed by atoms with E-state index in [1.165, 1.54) is 6.07 Å². The standard InChI is InChI=1S/C8H9NO4S/c9-14(10,11)8-3-1-2-7-6(8)4-12-5-13-7/h1-3H,4-5H2,(H2,9,10,11). The fourth-order valence-electron chi connectivity index (χ4n) is 1.34. The molecule has 2 rings (SSSR count). The zero-order chi connectivity index (χ0) is 10.2. The number of nitrogens with two attached hydrogens (primary N) is 1. The first-order valence-electron chi connectivity index (χ1n) is 3.94. The molecule has 2 N–H and O–H groups in total. The summed E-state index contributed by atoms with van der Waals surface area (Å²) in [5.41, 5.74) is 0.487. The van der Waals surface area contributed by atoms with Gasteiger partial charge in [-0.05, 0) is 12.1 Å². The SMILES string of the molecule is NS(=O)(=O)c1cccc2c1COCO2. The van der Waals surface area contributed by atoms with Crippen molar-refractivity contribution in [2.45, 2.75) is 11.5 Å². The topological polar surface area (TPSA) is 78.6 Å². The maximum absolute atomic E-state index is 11.2. The van der Waals surface area contributed by atoms with E-state index < -0.39 is 10.0 Å². The molecule has 0 bridgehead atoms. The quantitative estimate of drug-likeness (QED) is 0.725. The second kappa shape index (κ2) is 3.23. The number of hydrogen-bond donors (Lipinski definition) is 1. The van der Waals surface area contributed by atoms with Crippen molar-refractivity contribution in [3.8, 4) is 5.75 Å². The maximum atomic E-state index is 11.2. The first kappa shape index (κ1) is 9.45. The zero-order valence-electron chi connectivity index (χ0n) is 7.26. The Morgan fingerprint density at radius 2 is 2.14 bits per heavy atom. The highest BCUT2D eigenvalue weighted by Crippen LogP contribution is 2.28. The highest BCUT2D eigenvalue weighted by molar-refractivity contribution is 7.89. The predicted molar refractivity (Wildman–Crippen MR) is 48.1 cm³/mol. The smallest absolute Gasteiger partial charge is 0.238 e. The zero-order valence-corrected chi connectivity index (χ0v) is 8.08. The maximum Gasteiger partial charge on any atom is 0.238 e. The van der Waals surface area contributed by atoms with Crippen LogP contribution in [-0.4, -0.2) is 15.2 Å². The summed E-state index contributed by atoms with van der Waals surface area (Å²) in [4.78, 5) is 0.0645. The van der Waals surface area contributed by atoms with Gasteiger partial charge in [0.25, 0.3) is 0 Å². The van der Waals surface area contributed by atoms with Gasteiger partial charge >= 0.3 is 0 Å². The monoisotopic (exact) mass is 215 g/mol. The van der Waals surface area contributed by atoms with Gasteiger partial charge in [0.15, 0.2) is 6.79 Å². The van der Waals surface area contributed by atoms with E-state index in [0.29, 0.717) is 11.3 Å². The van der Waals surface area contributed by atoms with Gasteiger partial charge in [0.05, 0.1) is 11.5 Å². The van der Waals surface area contributed by atoms with Crippen LogP contribution in [0.3, 0.4) is 0 Å². The molecule has 1 heterocycles. The molecule has 0 unspecified atom stereocenters. The van der Waals surface area contributed by atoms with Crippen LogP contribution in [0.25, 0.3) is 0 Å². The summed E-state index contributed by atoms with van der Waals surface area (Å²) in [6, 6.07) is 4.71. The number of benzene rings is 1. The Hall–Kier alpha value is -1.11. The summed E-state index contributed by atoms with van der Waals surface area (Å²) < 4.78 is 32.4. The molecule has 0 radical (unpaired) electrons. The van der Waals surface area contributed by atoms with Gasteiger partial charge in [-0.15, -0.1) is 0 Å². The van der Waals surface area contributed by atoms with Gasteiger partial charge in [0.2, 0.25) is 10.0 Å². The Kier molecular flexibility index (Phi) is 2.18. The molecule has 1 aromatic rings. The van der Waals surface area contributed by atoms with Crippen molar-refractivity contribution in [1.29, 1.82) is 0 Å². The normalized spacial score (nSPS) is 15.8. The third-order valence-corrected chi connectivity index (χ3v) is 2.94. The second-order valence-corrected chi connectivity index (χ2v) is 4.42. The van der Waals surface area contributed by atoms with Crippen molar-refractivity contribution in [3.63, 3.8) is 0 Å². The summed E-state index contributed by atoms with van der Waals surface area (Å²) in [6.45, 7) is 0.350. The average molecular weight is 215 g/mol. The van der Waals surface area contributed by atoms with Crippen LogP contribution in [0.15, 0.2) is 23.1 Å². The largest absolute Gasteiger partial charge is 0.467 e. The van der Waals surface area contributed by atoms with Gasteiger partial charge in [-0.2, -0.15) is 0 Å². The molecule has 5 nitrogen and oxygen atoms in total. The molecule has 76 valence electrons. The molecule has 1 aliphatic rings. The minimum Gasteiger partial charge on any atom is -0.467 e. The van der Waals surface area contributed by atoms with E-state index >= 15 is 0 Å². The van der Waals surface area contributed by atoms with E-state index in [1.54, 1.807) is 12.1 Å². The van der Waals surface area contributed by atoms with Gasteiger partial charge < -0.3 is 9.47 Å². The molecular formula is C8H9NO4S. The fourth-order valence-corrected chi connectivity index (χ4v) is 2.11. The Bertz CT molecular complexity index is 454. The van der Waals surface area contributed by atoms with Gasteiger partial charge in [0, 0.05) is 5.56 Å². The Labute approximate surface area is 81.5 Å². The van der Waals surface area contributed by atoms with Crippen molar-refractivity contribution in [2.24, 2.45) is 5.14 Å². The van der Waals surface area contributed by atoms with Crippen molar-refractivity contribution in [1.82, 2.24) is 0 Å². The van der Waals surface area contributed by atoms with Crippen LogP contribution in [0.2, 0.25) is 0 Å². The lowest BCUT2D eigenvalue weighted by Gasteiger charge is -2.19. The molecule has 14 heavy (non-hydrogen) atoms. The highest BCUT2D eigenvalue weighted by Gasteiger charge is 2.20. The highest BCUT2D eigenvalue weighted by atomic mass is 32.2. The molecule has 0 saturated heterocycles. The molecule has 0 aromatic heterocycles. The van der Waals surface area contributed by atoms with E-state index in [4.69, 9.17) is 14.6 Å². The first-order chi connectivity index (χ1) is 6.59. The third kappa shape index (κ3) is 1.59. The molecule has 0 atom stereocenters. The summed E-state index contributed by atoms with van der Waals surface area (Å²) in [5, 5.41) is 5.04. The molecule has 1 aliphatic heterocycles. The molecular weight excluding hydrogens is 206 g/mol. The minimum atomic E-state index is -3.70. The van der Waals surface area contributed by atoms with E-state index in [1.807, 2.05) is 0 Å². The van der Waals surface area contributed by atoms with E-state index in [2.05, 4.69) is 0 Å². The van der Waals surface area contributed by atoms with Crippen LogP contribution in [0.5, 0.6) is 5.75 Å². The lowest BCUT2D eigenvalue weighted by Crippen LogP contribution is -2.19. The summed E-state index contributed by atoms with van der Waals surface area (Å²) >= 11 is 0. The Balaban J connectivity index is 2.62. The van der Waals surface area contributed by atoms with Crippen molar-refractivity contribution in [2.75, 3.05) is 6.79 Å². The number of sulfonamides is 1. The molecule has 6 heteroatoms. The first-order valence-corrected chi connectivity index (χ1v) is 5.49. The molecule has 0 spiro atoms. The Morgan fingerprint density at radius 3 is 2.86 bits per heavy atom. The van der Waals surface area contributed by atoms with Gasteiger partial charge in [0.1, 0.15) is 5.75 Å². The van der Waals surface area contributed by atoms with Crippen LogP contribution in [0.1, 0.15) is 5.56 Å².